The molecule has 14 nitrogen and oxygen atoms in total. The van der Waals surface area contributed by atoms with Crippen molar-refractivity contribution in [3.05, 3.63) is 168 Å². The standard InChI is InChI=1S/C27H21FN2O5.C27H22N2O5/c28-19-6-16(5-18(7-19)27(31)10-22-15-34-26(11-27)35-22)13-33-21-1-2-23-24(17-3-4-32-14-17)8-20(12-29)30-25(23)9-21;28-13-17-8-19-10-21(4-5-23(19)24(9-17)18-6-7-31-14-18)32-15-20-2-1-3-25(29-20)27(30)11-22-16-33-26(12-27)34-22/h1-9,14,22,26,31H,10-11,13,15H2;1-10,14,22,26,30H,11-12,15-16H2. The monoisotopic (exact) mass is 926 g/mol. The molecule has 8 aromatic rings. The summed E-state index contributed by atoms with van der Waals surface area (Å²) in [6.07, 6.45) is 6.76. The average Bonchev–Trinajstić information content (AvgIpc) is 4.22. The first-order valence-electron chi connectivity index (χ1n) is 22.5. The summed E-state index contributed by atoms with van der Waals surface area (Å²) in [5, 5.41) is 44.1. The number of benzene rings is 4. The molecule has 0 amide bonds. The van der Waals surface area contributed by atoms with Gasteiger partial charge in [-0.1, -0.05) is 12.1 Å². The van der Waals surface area contributed by atoms with E-state index in [1.165, 1.54) is 12.1 Å². The van der Waals surface area contributed by atoms with Crippen LogP contribution in [0.15, 0.2) is 137 Å². The number of nitrogens with zero attached hydrogens (tertiary/aromatic N) is 4. The number of aromatic nitrogens is 2. The van der Waals surface area contributed by atoms with Gasteiger partial charge >= 0.3 is 0 Å². The van der Waals surface area contributed by atoms with Crippen LogP contribution >= 0.6 is 0 Å². The molecule has 8 heterocycles. The molecule has 4 aromatic carbocycles. The lowest BCUT2D eigenvalue weighted by atomic mass is 9.83. The Kier molecular flexibility index (Phi) is 11.6. The van der Waals surface area contributed by atoms with E-state index in [9.17, 15) is 25.1 Å². The molecular weight excluding hydrogens is 884 g/mol. The van der Waals surface area contributed by atoms with Gasteiger partial charge in [0, 0.05) is 48.3 Å². The highest BCUT2D eigenvalue weighted by Gasteiger charge is 2.47. The second kappa shape index (κ2) is 18.2. The molecule has 4 aliphatic rings. The van der Waals surface area contributed by atoms with Crippen molar-refractivity contribution in [1.29, 1.82) is 10.5 Å². The Morgan fingerprint density at radius 3 is 2.04 bits per heavy atom. The summed E-state index contributed by atoms with van der Waals surface area (Å²) < 4.78 is 59.3. The Hall–Kier alpha value is -7.47. The minimum Gasteiger partial charge on any atom is -0.489 e. The number of nitriles is 2. The molecule has 6 atom stereocenters. The van der Waals surface area contributed by atoms with Crippen molar-refractivity contribution in [3.8, 4) is 45.9 Å². The van der Waals surface area contributed by atoms with E-state index < -0.39 is 23.3 Å². The largest absolute Gasteiger partial charge is 0.489 e. The quantitative estimate of drug-likeness (QED) is 0.132. The van der Waals surface area contributed by atoms with Gasteiger partial charge in [-0.3, -0.25) is 4.98 Å². The predicted octanol–water partition coefficient (Wildman–Crippen LogP) is 9.48. The zero-order valence-electron chi connectivity index (χ0n) is 36.9. The molecule has 12 rings (SSSR count). The van der Waals surface area contributed by atoms with Crippen LogP contribution in [-0.2, 0) is 43.4 Å². The molecule has 69 heavy (non-hydrogen) atoms. The average molecular weight is 927 g/mol. The van der Waals surface area contributed by atoms with E-state index in [0.717, 1.165) is 44.1 Å². The van der Waals surface area contributed by atoms with E-state index in [2.05, 4.69) is 22.1 Å². The molecule has 0 aliphatic carbocycles. The van der Waals surface area contributed by atoms with Gasteiger partial charge in [0.2, 0.25) is 0 Å². The van der Waals surface area contributed by atoms with E-state index >= 15 is 0 Å². The van der Waals surface area contributed by atoms with Gasteiger partial charge in [0.1, 0.15) is 47.9 Å². The molecule has 0 spiro atoms. The summed E-state index contributed by atoms with van der Waals surface area (Å²) in [5.41, 5.74) is 5.11. The second-order valence-corrected chi connectivity index (χ2v) is 17.7. The summed E-state index contributed by atoms with van der Waals surface area (Å²) in [6, 6.07) is 34.8. The van der Waals surface area contributed by atoms with Gasteiger partial charge in [-0.2, -0.15) is 10.5 Å². The topological polar surface area (TPSA) is 195 Å². The highest BCUT2D eigenvalue weighted by molar-refractivity contribution is 5.98. The predicted molar refractivity (Wildman–Crippen MR) is 245 cm³/mol. The maximum atomic E-state index is 14.5. The number of hydrogen-bond donors (Lipinski definition) is 2. The molecule has 4 fully saturated rings. The lowest BCUT2D eigenvalue weighted by Gasteiger charge is -2.35. The van der Waals surface area contributed by atoms with Crippen LogP contribution in [0.1, 0.15) is 59.5 Å². The van der Waals surface area contributed by atoms with Crippen molar-refractivity contribution in [3.63, 3.8) is 0 Å². The van der Waals surface area contributed by atoms with Crippen LogP contribution in [0.4, 0.5) is 4.39 Å². The van der Waals surface area contributed by atoms with Gasteiger partial charge in [-0.05, 0) is 118 Å². The minimum atomic E-state index is -1.22. The van der Waals surface area contributed by atoms with Crippen LogP contribution < -0.4 is 9.47 Å². The summed E-state index contributed by atoms with van der Waals surface area (Å²) >= 11 is 0. The summed E-state index contributed by atoms with van der Waals surface area (Å²) in [6.45, 7) is 1.29. The Labute approximate surface area is 394 Å². The first-order valence-corrected chi connectivity index (χ1v) is 22.5. The summed E-state index contributed by atoms with van der Waals surface area (Å²) in [5.74, 6) is 0.752. The van der Waals surface area contributed by atoms with Gasteiger partial charge in [0.15, 0.2) is 12.6 Å². The third-order valence-corrected chi connectivity index (χ3v) is 12.9. The van der Waals surface area contributed by atoms with Gasteiger partial charge in [0.05, 0.1) is 84.6 Å². The van der Waals surface area contributed by atoms with Crippen LogP contribution in [0.3, 0.4) is 0 Å². The molecule has 0 saturated carbocycles. The van der Waals surface area contributed by atoms with Crippen LogP contribution in [0.2, 0.25) is 0 Å². The fraction of sp³-hybridized carbons (Fsp3) is 0.259. The van der Waals surface area contributed by atoms with Crippen LogP contribution in [0.5, 0.6) is 11.5 Å². The SMILES string of the molecule is N#Cc1cc(-c2ccoc2)c2ccc(OCc3cc(F)cc(C4(O)CC5COC(C4)O5)c3)cc2n1.N#Cc1cc(-c2ccoc2)c2ccc(OCc3cccc(C4(O)CC5COC(C4)O5)n3)cc2c1. The normalized spacial score (nSPS) is 23.5. The molecular formula is C54H43FN4O10. The fourth-order valence-corrected chi connectivity index (χ4v) is 9.68. The van der Waals surface area contributed by atoms with Crippen LogP contribution in [0, 0.1) is 28.5 Å². The molecule has 4 aliphatic heterocycles. The second-order valence-electron chi connectivity index (χ2n) is 17.7. The molecule has 346 valence electrons. The van der Waals surface area contributed by atoms with E-state index in [1.54, 1.807) is 49.3 Å². The third kappa shape index (κ3) is 9.15. The lowest BCUT2D eigenvalue weighted by molar-refractivity contribution is -0.161. The summed E-state index contributed by atoms with van der Waals surface area (Å²) in [7, 11) is 0. The Morgan fingerprint density at radius 1 is 0.667 bits per heavy atom. The van der Waals surface area contributed by atoms with Gasteiger partial charge < -0.3 is 47.5 Å². The third-order valence-electron chi connectivity index (χ3n) is 12.9. The Morgan fingerprint density at radius 2 is 1.35 bits per heavy atom. The Balaban J connectivity index is 0.000000151. The number of aliphatic hydroxyl groups is 2. The molecule has 2 N–H and O–H groups in total. The number of rotatable bonds is 10. The maximum absolute atomic E-state index is 14.5. The fourth-order valence-electron chi connectivity index (χ4n) is 9.68. The number of furan rings is 2. The number of pyridine rings is 2. The van der Waals surface area contributed by atoms with Crippen LogP contribution in [0.25, 0.3) is 43.9 Å². The van der Waals surface area contributed by atoms with Crippen molar-refractivity contribution < 1.29 is 51.9 Å². The van der Waals surface area contributed by atoms with E-state index in [-0.39, 0.29) is 43.8 Å². The zero-order chi connectivity index (χ0) is 47.1. The Bertz CT molecular complexity index is 3250. The van der Waals surface area contributed by atoms with Crippen molar-refractivity contribution in [2.24, 2.45) is 0 Å². The van der Waals surface area contributed by atoms with Crippen molar-refractivity contribution in [2.75, 3.05) is 13.2 Å². The van der Waals surface area contributed by atoms with Gasteiger partial charge in [-0.25, -0.2) is 9.37 Å². The highest BCUT2D eigenvalue weighted by atomic mass is 19.1. The minimum absolute atomic E-state index is 0.0960. The molecule has 15 heteroatoms. The molecule has 4 aromatic heterocycles. The first kappa shape index (κ1) is 44.1. The van der Waals surface area contributed by atoms with E-state index in [4.69, 9.17) is 37.3 Å². The van der Waals surface area contributed by atoms with Crippen molar-refractivity contribution >= 4 is 21.7 Å². The van der Waals surface area contributed by atoms with E-state index in [0.29, 0.717) is 71.9 Å². The molecule has 4 bridgehead atoms. The number of ether oxygens (including phenoxy) is 6. The van der Waals surface area contributed by atoms with Gasteiger partial charge in [-0.15, -0.1) is 0 Å². The van der Waals surface area contributed by atoms with Crippen molar-refractivity contribution in [2.45, 2.75) is 74.9 Å². The summed E-state index contributed by atoms with van der Waals surface area (Å²) in [4.78, 5) is 9.09. The molecule has 4 saturated heterocycles. The smallest absolute Gasteiger partial charge is 0.161 e. The van der Waals surface area contributed by atoms with E-state index in [1.807, 2.05) is 66.7 Å². The highest BCUT2D eigenvalue weighted by Crippen LogP contribution is 2.43. The first-order chi connectivity index (χ1) is 33.6. The van der Waals surface area contributed by atoms with Gasteiger partial charge in [0.25, 0.3) is 0 Å². The number of fused-ring (bicyclic) bond motifs is 6. The van der Waals surface area contributed by atoms with Crippen LogP contribution in [-0.4, -0.2) is 58.2 Å². The maximum Gasteiger partial charge on any atom is 0.161 e. The zero-order valence-corrected chi connectivity index (χ0v) is 36.9. The lowest BCUT2D eigenvalue weighted by Crippen LogP contribution is -2.40. The number of halogens is 1. The number of hydrogen-bond acceptors (Lipinski definition) is 14. The van der Waals surface area contributed by atoms with Crippen molar-refractivity contribution in [1.82, 2.24) is 9.97 Å². The molecule has 6 unspecified atom stereocenters. The molecule has 0 radical (unpaired) electrons.